The van der Waals surface area contributed by atoms with Crippen LogP contribution in [0, 0.1) is 0 Å². The van der Waals surface area contributed by atoms with Gasteiger partial charge in [0.15, 0.2) is 5.65 Å². The summed E-state index contributed by atoms with van der Waals surface area (Å²) < 4.78 is 2.90. The summed E-state index contributed by atoms with van der Waals surface area (Å²) in [5, 5.41) is 4.76. The van der Waals surface area contributed by atoms with E-state index in [-0.39, 0.29) is 5.69 Å². The maximum Gasteiger partial charge on any atom is 0.350 e. The van der Waals surface area contributed by atoms with Crippen LogP contribution in [0.25, 0.3) is 5.65 Å². The third-order valence-electron chi connectivity index (χ3n) is 2.88. The highest BCUT2D eigenvalue weighted by atomic mass is 35.5. The molecule has 2 N–H and O–H groups in total. The fraction of sp³-hybridized carbons (Fsp3) is 0.0769. The molecule has 0 aliphatic heterocycles. The van der Waals surface area contributed by atoms with E-state index in [0.717, 1.165) is 5.56 Å². The van der Waals surface area contributed by atoms with Gasteiger partial charge in [0.2, 0.25) is 0 Å². The molecule has 0 saturated carbocycles. The Morgan fingerprint density at radius 3 is 2.84 bits per heavy atom. The maximum absolute atomic E-state index is 12.1. The second-order valence-corrected chi connectivity index (χ2v) is 4.63. The highest BCUT2D eigenvalue weighted by Gasteiger charge is 2.07. The summed E-state index contributed by atoms with van der Waals surface area (Å²) >= 11 is 5.87. The van der Waals surface area contributed by atoms with Gasteiger partial charge in [0, 0.05) is 6.20 Å². The SMILES string of the molecule is Nc1cc(Cn2nc3ccccn3c2=O)ccc1Cl. The van der Waals surface area contributed by atoms with E-state index >= 15 is 0 Å². The monoisotopic (exact) mass is 274 g/mol. The van der Waals surface area contributed by atoms with Crippen molar-refractivity contribution in [3.05, 3.63) is 63.7 Å². The lowest BCUT2D eigenvalue weighted by atomic mass is 10.2. The zero-order valence-electron chi connectivity index (χ0n) is 9.95. The summed E-state index contributed by atoms with van der Waals surface area (Å²) in [4.78, 5) is 12.1. The number of nitrogen functional groups attached to an aromatic ring is 1. The van der Waals surface area contributed by atoms with Gasteiger partial charge < -0.3 is 5.73 Å². The smallest absolute Gasteiger partial charge is 0.350 e. The molecular formula is C13H11ClN4O. The standard InChI is InChI=1S/C13H11ClN4O/c14-10-5-4-9(7-11(10)15)8-18-13(19)17-6-2-1-3-12(17)16-18/h1-7H,8,15H2. The fourth-order valence-electron chi connectivity index (χ4n) is 1.94. The van der Waals surface area contributed by atoms with Crippen molar-refractivity contribution >= 4 is 22.9 Å². The lowest BCUT2D eigenvalue weighted by Crippen LogP contribution is -2.21. The van der Waals surface area contributed by atoms with E-state index in [0.29, 0.717) is 22.9 Å². The van der Waals surface area contributed by atoms with Crippen molar-refractivity contribution < 1.29 is 0 Å². The van der Waals surface area contributed by atoms with Gasteiger partial charge in [-0.3, -0.25) is 4.40 Å². The molecule has 2 heterocycles. The number of halogens is 1. The molecule has 0 spiro atoms. The van der Waals surface area contributed by atoms with Gasteiger partial charge in [0.25, 0.3) is 0 Å². The molecule has 0 aliphatic carbocycles. The number of rotatable bonds is 2. The van der Waals surface area contributed by atoms with Crippen molar-refractivity contribution in [2.24, 2.45) is 0 Å². The van der Waals surface area contributed by atoms with Gasteiger partial charge in [-0.05, 0) is 29.8 Å². The summed E-state index contributed by atoms with van der Waals surface area (Å²) in [7, 11) is 0. The Hall–Kier alpha value is -2.27. The van der Waals surface area contributed by atoms with Crippen molar-refractivity contribution in [3.8, 4) is 0 Å². The molecule has 0 bridgehead atoms. The van der Waals surface area contributed by atoms with Crippen molar-refractivity contribution in [1.82, 2.24) is 14.2 Å². The average molecular weight is 275 g/mol. The number of nitrogens with two attached hydrogens (primary N) is 1. The third kappa shape index (κ3) is 2.08. The molecule has 19 heavy (non-hydrogen) atoms. The largest absolute Gasteiger partial charge is 0.398 e. The number of pyridine rings is 1. The molecule has 0 aliphatic rings. The van der Waals surface area contributed by atoms with Crippen LogP contribution in [0.5, 0.6) is 0 Å². The Labute approximate surface area is 113 Å². The Morgan fingerprint density at radius 1 is 1.26 bits per heavy atom. The second kappa shape index (κ2) is 4.44. The van der Waals surface area contributed by atoms with Crippen LogP contribution in [0.2, 0.25) is 5.02 Å². The van der Waals surface area contributed by atoms with E-state index in [4.69, 9.17) is 17.3 Å². The van der Waals surface area contributed by atoms with Crippen LogP contribution in [0.15, 0.2) is 47.4 Å². The Balaban J connectivity index is 2.03. The zero-order chi connectivity index (χ0) is 13.4. The van der Waals surface area contributed by atoms with Crippen LogP contribution in [-0.2, 0) is 6.54 Å². The van der Waals surface area contributed by atoms with Gasteiger partial charge in [-0.25, -0.2) is 9.48 Å². The summed E-state index contributed by atoms with van der Waals surface area (Å²) in [6.07, 6.45) is 1.69. The summed E-state index contributed by atoms with van der Waals surface area (Å²) in [5.74, 6) is 0. The third-order valence-corrected chi connectivity index (χ3v) is 3.23. The number of aromatic nitrogens is 3. The molecule has 0 amide bonds. The molecule has 0 unspecified atom stereocenters. The lowest BCUT2D eigenvalue weighted by Gasteiger charge is -2.03. The van der Waals surface area contributed by atoms with Gasteiger partial charge in [0.1, 0.15) is 0 Å². The molecule has 6 heteroatoms. The van der Waals surface area contributed by atoms with Crippen LogP contribution < -0.4 is 11.4 Å². The number of hydrogen-bond acceptors (Lipinski definition) is 3. The summed E-state index contributed by atoms with van der Waals surface area (Å²) in [5.41, 5.74) is 7.56. The Bertz CT molecular complexity index is 806. The fourth-order valence-corrected chi connectivity index (χ4v) is 2.05. The normalized spacial score (nSPS) is 11.0. The van der Waals surface area contributed by atoms with Gasteiger partial charge in [0.05, 0.1) is 17.3 Å². The van der Waals surface area contributed by atoms with Gasteiger partial charge in [-0.2, -0.15) is 0 Å². The predicted octanol–water partition coefficient (Wildman–Crippen LogP) is 1.78. The molecule has 2 aromatic heterocycles. The molecule has 0 saturated heterocycles. The first-order valence-electron chi connectivity index (χ1n) is 5.73. The first-order valence-corrected chi connectivity index (χ1v) is 6.11. The number of nitrogens with zero attached hydrogens (tertiary/aromatic N) is 3. The molecule has 96 valence electrons. The first-order chi connectivity index (χ1) is 9.15. The number of fused-ring (bicyclic) bond motifs is 1. The quantitative estimate of drug-likeness (QED) is 0.725. The zero-order valence-corrected chi connectivity index (χ0v) is 10.7. The molecule has 0 atom stereocenters. The highest BCUT2D eigenvalue weighted by molar-refractivity contribution is 6.33. The Kier molecular flexibility index (Phi) is 2.76. The molecule has 3 aromatic rings. The Morgan fingerprint density at radius 2 is 2.11 bits per heavy atom. The van der Waals surface area contributed by atoms with E-state index in [1.165, 1.54) is 9.08 Å². The van der Waals surface area contributed by atoms with Crippen molar-refractivity contribution in [3.63, 3.8) is 0 Å². The van der Waals surface area contributed by atoms with E-state index in [9.17, 15) is 4.79 Å². The molecule has 1 aromatic carbocycles. The van der Waals surface area contributed by atoms with Crippen molar-refractivity contribution in [1.29, 1.82) is 0 Å². The van der Waals surface area contributed by atoms with Gasteiger partial charge >= 0.3 is 5.69 Å². The summed E-state index contributed by atoms with van der Waals surface area (Å²) in [6, 6.07) is 10.7. The van der Waals surface area contributed by atoms with Crippen LogP contribution in [0.1, 0.15) is 5.56 Å². The topological polar surface area (TPSA) is 65.3 Å². The molecule has 0 radical (unpaired) electrons. The number of hydrogen-bond donors (Lipinski definition) is 1. The maximum atomic E-state index is 12.1. The van der Waals surface area contributed by atoms with Crippen molar-refractivity contribution in [2.75, 3.05) is 5.73 Å². The van der Waals surface area contributed by atoms with Gasteiger partial charge in [-0.1, -0.05) is 23.7 Å². The molecular weight excluding hydrogens is 264 g/mol. The van der Waals surface area contributed by atoms with Gasteiger partial charge in [-0.15, -0.1) is 5.10 Å². The minimum Gasteiger partial charge on any atom is -0.398 e. The lowest BCUT2D eigenvalue weighted by molar-refractivity contribution is 0.659. The van der Waals surface area contributed by atoms with Crippen LogP contribution in [0.3, 0.4) is 0 Å². The van der Waals surface area contributed by atoms with E-state index in [2.05, 4.69) is 5.10 Å². The van der Waals surface area contributed by atoms with Crippen molar-refractivity contribution in [2.45, 2.75) is 6.54 Å². The average Bonchev–Trinajstić information content (AvgIpc) is 2.72. The van der Waals surface area contributed by atoms with E-state index < -0.39 is 0 Å². The molecule has 0 fully saturated rings. The number of anilines is 1. The van der Waals surface area contributed by atoms with Crippen LogP contribution in [-0.4, -0.2) is 14.2 Å². The van der Waals surface area contributed by atoms with E-state index in [1.807, 2.05) is 12.1 Å². The highest BCUT2D eigenvalue weighted by Crippen LogP contribution is 2.19. The predicted molar refractivity (Wildman–Crippen MR) is 74.4 cm³/mol. The first kappa shape index (κ1) is 11.8. The molecule has 3 rings (SSSR count). The van der Waals surface area contributed by atoms with E-state index in [1.54, 1.807) is 30.5 Å². The van der Waals surface area contributed by atoms with Crippen LogP contribution >= 0.6 is 11.6 Å². The minimum atomic E-state index is -0.177. The second-order valence-electron chi connectivity index (χ2n) is 4.22. The molecule has 5 nitrogen and oxygen atoms in total. The minimum absolute atomic E-state index is 0.177. The summed E-state index contributed by atoms with van der Waals surface area (Å²) in [6.45, 7) is 0.363. The number of benzene rings is 1. The van der Waals surface area contributed by atoms with Crippen LogP contribution in [0.4, 0.5) is 5.69 Å².